The van der Waals surface area contributed by atoms with E-state index in [0.717, 1.165) is 25.1 Å². The van der Waals surface area contributed by atoms with E-state index in [1.807, 2.05) is 30.3 Å². The monoisotopic (exact) mass is 232 g/mol. The molecule has 92 valence electrons. The summed E-state index contributed by atoms with van der Waals surface area (Å²) in [5.74, 6) is 0.120. The first-order chi connectivity index (χ1) is 8.34. The van der Waals surface area contributed by atoms with Crippen LogP contribution in [0.25, 0.3) is 0 Å². The highest BCUT2D eigenvalue weighted by molar-refractivity contribution is 5.78. The standard InChI is InChI=1S/C14H20N2O/c17-14(11-12-5-2-1-3-6-12)16-10-8-13-7-4-9-15-13/h1-3,5-6,13,15H,4,7-11H2,(H,16,17)/t13-/m1/s1. The molecule has 0 bridgehead atoms. The van der Waals surface area contributed by atoms with Crippen molar-refractivity contribution >= 4 is 5.91 Å². The molecule has 1 amide bonds. The van der Waals surface area contributed by atoms with Crippen LogP contribution in [0.1, 0.15) is 24.8 Å². The Hall–Kier alpha value is -1.35. The number of nitrogens with one attached hydrogen (secondary N) is 2. The number of hydrogen-bond acceptors (Lipinski definition) is 2. The van der Waals surface area contributed by atoms with E-state index in [9.17, 15) is 4.79 Å². The van der Waals surface area contributed by atoms with Gasteiger partial charge in [0.2, 0.25) is 5.91 Å². The maximum atomic E-state index is 11.7. The summed E-state index contributed by atoms with van der Waals surface area (Å²) in [6.07, 6.45) is 4.04. The molecule has 1 aromatic carbocycles. The van der Waals surface area contributed by atoms with E-state index in [0.29, 0.717) is 12.5 Å². The van der Waals surface area contributed by atoms with Gasteiger partial charge >= 0.3 is 0 Å². The average molecular weight is 232 g/mol. The topological polar surface area (TPSA) is 41.1 Å². The molecule has 0 unspecified atom stereocenters. The minimum absolute atomic E-state index is 0.120. The van der Waals surface area contributed by atoms with Crippen LogP contribution in [0.5, 0.6) is 0 Å². The zero-order chi connectivity index (χ0) is 11.9. The molecular weight excluding hydrogens is 212 g/mol. The largest absolute Gasteiger partial charge is 0.356 e. The van der Waals surface area contributed by atoms with Gasteiger partial charge in [-0.05, 0) is 31.4 Å². The van der Waals surface area contributed by atoms with Gasteiger partial charge in [0, 0.05) is 12.6 Å². The molecule has 1 aliphatic heterocycles. The van der Waals surface area contributed by atoms with Gasteiger partial charge in [0.1, 0.15) is 0 Å². The Bertz CT molecular complexity index is 344. The number of carbonyl (C=O) groups excluding carboxylic acids is 1. The molecule has 0 radical (unpaired) electrons. The summed E-state index contributed by atoms with van der Waals surface area (Å²) in [4.78, 5) is 11.7. The highest BCUT2D eigenvalue weighted by atomic mass is 16.1. The van der Waals surface area contributed by atoms with E-state index in [4.69, 9.17) is 0 Å². The molecule has 0 saturated carbocycles. The molecule has 3 heteroatoms. The summed E-state index contributed by atoms with van der Waals surface area (Å²) in [6, 6.07) is 10.5. The molecule has 1 fully saturated rings. The maximum absolute atomic E-state index is 11.7. The molecular formula is C14H20N2O. The number of hydrogen-bond donors (Lipinski definition) is 2. The summed E-state index contributed by atoms with van der Waals surface area (Å²) >= 11 is 0. The number of benzene rings is 1. The molecule has 1 aliphatic rings. The van der Waals surface area contributed by atoms with Crippen molar-refractivity contribution in [2.24, 2.45) is 0 Å². The minimum atomic E-state index is 0.120. The Balaban J connectivity index is 1.64. The third kappa shape index (κ3) is 4.19. The van der Waals surface area contributed by atoms with Crippen molar-refractivity contribution in [1.29, 1.82) is 0 Å². The van der Waals surface area contributed by atoms with Crippen molar-refractivity contribution in [3.8, 4) is 0 Å². The number of amides is 1. The molecule has 0 spiro atoms. The van der Waals surface area contributed by atoms with Crippen molar-refractivity contribution in [3.63, 3.8) is 0 Å². The summed E-state index contributed by atoms with van der Waals surface area (Å²) < 4.78 is 0. The van der Waals surface area contributed by atoms with E-state index >= 15 is 0 Å². The van der Waals surface area contributed by atoms with Gasteiger partial charge in [-0.25, -0.2) is 0 Å². The lowest BCUT2D eigenvalue weighted by atomic mass is 10.1. The lowest BCUT2D eigenvalue weighted by molar-refractivity contribution is -0.120. The second-order valence-corrected chi connectivity index (χ2v) is 4.59. The Morgan fingerprint density at radius 2 is 2.18 bits per heavy atom. The molecule has 1 heterocycles. The average Bonchev–Trinajstić information content (AvgIpc) is 2.83. The van der Waals surface area contributed by atoms with Gasteiger partial charge in [-0.3, -0.25) is 4.79 Å². The molecule has 1 aromatic rings. The Kier molecular flexibility index (Phi) is 4.56. The quantitative estimate of drug-likeness (QED) is 0.807. The maximum Gasteiger partial charge on any atom is 0.224 e. The van der Waals surface area contributed by atoms with Crippen LogP contribution >= 0.6 is 0 Å². The van der Waals surface area contributed by atoms with Crippen LogP contribution in [-0.2, 0) is 11.2 Å². The van der Waals surface area contributed by atoms with Crippen LogP contribution in [-0.4, -0.2) is 25.0 Å². The molecule has 2 rings (SSSR count). The third-order valence-corrected chi connectivity index (χ3v) is 3.18. The summed E-state index contributed by atoms with van der Waals surface area (Å²) in [5.41, 5.74) is 1.07. The van der Waals surface area contributed by atoms with Crippen LogP contribution in [0.3, 0.4) is 0 Å². The van der Waals surface area contributed by atoms with E-state index in [1.165, 1.54) is 12.8 Å². The van der Waals surface area contributed by atoms with Crippen molar-refractivity contribution in [2.75, 3.05) is 13.1 Å². The van der Waals surface area contributed by atoms with E-state index in [-0.39, 0.29) is 5.91 Å². The van der Waals surface area contributed by atoms with Gasteiger partial charge in [0.25, 0.3) is 0 Å². The van der Waals surface area contributed by atoms with Gasteiger partial charge in [0.05, 0.1) is 6.42 Å². The Morgan fingerprint density at radius 1 is 1.35 bits per heavy atom. The van der Waals surface area contributed by atoms with Gasteiger partial charge in [-0.1, -0.05) is 30.3 Å². The molecule has 2 N–H and O–H groups in total. The molecule has 17 heavy (non-hydrogen) atoms. The van der Waals surface area contributed by atoms with Crippen LogP contribution < -0.4 is 10.6 Å². The third-order valence-electron chi connectivity index (χ3n) is 3.18. The Labute approximate surface area is 103 Å². The van der Waals surface area contributed by atoms with Gasteiger partial charge in [0.15, 0.2) is 0 Å². The van der Waals surface area contributed by atoms with E-state index in [2.05, 4.69) is 10.6 Å². The highest BCUT2D eigenvalue weighted by Crippen LogP contribution is 2.07. The van der Waals surface area contributed by atoms with Crippen molar-refractivity contribution in [2.45, 2.75) is 31.7 Å². The summed E-state index contributed by atoms with van der Waals surface area (Å²) in [7, 11) is 0. The van der Waals surface area contributed by atoms with Crippen molar-refractivity contribution in [3.05, 3.63) is 35.9 Å². The van der Waals surface area contributed by atoms with Crippen molar-refractivity contribution in [1.82, 2.24) is 10.6 Å². The molecule has 1 atom stereocenters. The first kappa shape index (κ1) is 12.1. The van der Waals surface area contributed by atoms with E-state index < -0.39 is 0 Å². The fraction of sp³-hybridized carbons (Fsp3) is 0.500. The molecule has 0 aliphatic carbocycles. The van der Waals surface area contributed by atoms with Gasteiger partial charge in [-0.2, -0.15) is 0 Å². The number of rotatable bonds is 5. The van der Waals surface area contributed by atoms with Gasteiger partial charge in [-0.15, -0.1) is 0 Å². The van der Waals surface area contributed by atoms with Crippen LogP contribution in [0.4, 0.5) is 0 Å². The SMILES string of the molecule is O=C(Cc1ccccc1)NCC[C@H]1CCCN1. The van der Waals surface area contributed by atoms with Crippen LogP contribution in [0.2, 0.25) is 0 Å². The highest BCUT2D eigenvalue weighted by Gasteiger charge is 2.13. The normalized spacial score (nSPS) is 19.2. The minimum Gasteiger partial charge on any atom is -0.356 e. The Morgan fingerprint density at radius 3 is 2.88 bits per heavy atom. The predicted molar refractivity (Wildman–Crippen MR) is 68.8 cm³/mol. The van der Waals surface area contributed by atoms with Crippen LogP contribution in [0, 0.1) is 0 Å². The van der Waals surface area contributed by atoms with Crippen LogP contribution in [0.15, 0.2) is 30.3 Å². The second-order valence-electron chi connectivity index (χ2n) is 4.59. The van der Waals surface area contributed by atoms with Gasteiger partial charge < -0.3 is 10.6 Å². The van der Waals surface area contributed by atoms with E-state index in [1.54, 1.807) is 0 Å². The fourth-order valence-electron chi connectivity index (χ4n) is 2.23. The zero-order valence-corrected chi connectivity index (χ0v) is 10.1. The first-order valence-corrected chi connectivity index (χ1v) is 6.38. The summed E-state index contributed by atoms with van der Waals surface area (Å²) in [6.45, 7) is 1.91. The summed E-state index contributed by atoms with van der Waals surface area (Å²) in [5, 5.41) is 6.41. The smallest absolute Gasteiger partial charge is 0.224 e. The lowest BCUT2D eigenvalue weighted by Gasteiger charge is -2.10. The number of carbonyl (C=O) groups is 1. The first-order valence-electron chi connectivity index (χ1n) is 6.38. The van der Waals surface area contributed by atoms with Crippen molar-refractivity contribution < 1.29 is 4.79 Å². The molecule has 0 aromatic heterocycles. The zero-order valence-electron chi connectivity index (χ0n) is 10.1. The predicted octanol–water partition coefficient (Wildman–Crippen LogP) is 1.49. The lowest BCUT2D eigenvalue weighted by Crippen LogP contribution is -2.31. The molecule has 3 nitrogen and oxygen atoms in total. The molecule has 1 saturated heterocycles. The second kappa shape index (κ2) is 6.40. The fourth-order valence-corrected chi connectivity index (χ4v) is 2.23.